The van der Waals surface area contributed by atoms with Gasteiger partial charge in [0, 0.05) is 32.1 Å². The van der Waals surface area contributed by atoms with Crippen LogP contribution in [0.15, 0.2) is 103 Å². The molecule has 2 aliphatic rings. The lowest BCUT2D eigenvalue weighted by Gasteiger charge is -2.35. The average Bonchev–Trinajstić information content (AvgIpc) is 3.30. The Balaban J connectivity index is 0.944. The van der Waals surface area contributed by atoms with Crippen molar-refractivity contribution >= 4 is 5.91 Å². The summed E-state index contributed by atoms with van der Waals surface area (Å²) in [6, 6.07) is 36.7. The molecule has 1 aliphatic carbocycles. The molecule has 1 amide bonds. The summed E-state index contributed by atoms with van der Waals surface area (Å²) in [5, 5.41) is 0. The summed E-state index contributed by atoms with van der Waals surface area (Å²) < 4.78 is 0. The molecule has 0 radical (unpaired) electrons. The first-order valence-corrected chi connectivity index (χ1v) is 14.1. The van der Waals surface area contributed by atoms with Gasteiger partial charge in [-0.3, -0.25) is 9.69 Å². The molecule has 1 fully saturated rings. The lowest BCUT2D eigenvalue weighted by atomic mass is 9.91. The third-order valence-corrected chi connectivity index (χ3v) is 8.32. The van der Waals surface area contributed by atoms with E-state index in [1.54, 1.807) is 0 Å². The van der Waals surface area contributed by atoms with E-state index in [9.17, 15) is 4.79 Å². The SMILES string of the molecule is O=C(Cc1ccc(-c2ccccc2)cc1)N1CCN(CCCCC2c3ccccc3-c3ccccc32)CC1. The highest BCUT2D eigenvalue weighted by atomic mass is 16.2. The van der Waals surface area contributed by atoms with Crippen LogP contribution in [0, 0.1) is 0 Å². The van der Waals surface area contributed by atoms with Crippen LogP contribution in [0.25, 0.3) is 22.3 Å². The summed E-state index contributed by atoms with van der Waals surface area (Å²) >= 11 is 0. The zero-order valence-electron chi connectivity index (χ0n) is 22.1. The molecule has 0 bridgehead atoms. The number of fused-ring (bicyclic) bond motifs is 3. The Labute approximate surface area is 226 Å². The number of rotatable bonds is 8. The van der Waals surface area contributed by atoms with Gasteiger partial charge < -0.3 is 4.90 Å². The van der Waals surface area contributed by atoms with Crippen molar-refractivity contribution in [1.29, 1.82) is 0 Å². The molecule has 38 heavy (non-hydrogen) atoms. The standard InChI is InChI=1S/C35H36N2O/c38-35(26-27-17-19-29(20-18-27)28-10-2-1-3-11-28)37-24-22-36(23-25-37)21-9-8-16-34-32-14-6-4-12-30(32)31-13-5-7-15-33(31)34/h1-7,10-15,17-20,34H,8-9,16,21-26H2. The number of amides is 1. The Morgan fingerprint density at radius 3 is 1.87 bits per heavy atom. The molecule has 4 aromatic carbocycles. The number of benzene rings is 4. The second-order valence-corrected chi connectivity index (χ2v) is 10.7. The van der Waals surface area contributed by atoms with E-state index in [1.807, 2.05) is 11.0 Å². The molecule has 0 spiro atoms. The topological polar surface area (TPSA) is 23.6 Å². The van der Waals surface area contributed by atoms with E-state index in [-0.39, 0.29) is 5.91 Å². The molecule has 6 rings (SSSR count). The van der Waals surface area contributed by atoms with Crippen LogP contribution >= 0.6 is 0 Å². The van der Waals surface area contributed by atoms with Gasteiger partial charge >= 0.3 is 0 Å². The van der Waals surface area contributed by atoms with Crippen LogP contribution in [0.3, 0.4) is 0 Å². The van der Waals surface area contributed by atoms with E-state index in [2.05, 4.69) is 102 Å². The lowest BCUT2D eigenvalue weighted by molar-refractivity contribution is -0.132. The van der Waals surface area contributed by atoms with Crippen molar-refractivity contribution in [2.45, 2.75) is 31.6 Å². The molecule has 1 aliphatic heterocycles. The maximum atomic E-state index is 12.9. The first-order valence-electron chi connectivity index (χ1n) is 14.1. The van der Waals surface area contributed by atoms with Crippen molar-refractivity contribution in [3.63, 3.8) is 0 Å². The number of nitrogens with zero attached hydrogens (tertiary/aromatic N) is 2. The van der Waals surface area contributed by atoms with Crippen LogP contribution in [0.5, 0.6) is 0 Å². The number of carbonyl (C=O) groups excluding carboxylic acids is 1. The maximum absolute atomic E-state index is 12.9. The van der Waals surface area contributed by atoms with E-state index in [0.717, 1.165) is 38.3 Å². The van der Waals surface area contributed by atoms with Gasteiger partial charge in [0.25, 0.3) is 0 Å². The monoisotopic (exact) mass is 500 g/mol. The molecule has 0 saturated carbocycles. The Kier molecular flexibility index (Phi) is 7.37. The Hall–Kier alpha value is -3.69. The summed E-state index contributed by atoms with van der Waals surface area (Å²) in [5.74, 6) is 0.773. The minimum Gasteiger partial charge on any atom is -0.340 e. The summed E-state index contributed by atoms with van der Waals surface area (Å²) in [5.41, 5.74) is 9.32. The van der Waals surface area contributed by atoms with Crippen LogP contribution in [-0.2, 0) is 11.2 Å². The van der Waals surface area contributed by atoms with Crippen molar-refractivity contribution in [3.8, 4) is 22.3 Å². The van der Waals surface area contributed by atoms with Gasteiger partial charge in [-0.15, -0.1) is 0 Å². The Morgan fingerprint density at radius 2 is 1.21 bits per heavy atom. The highest BCUT2D eigenvalue weighted by molar-refractivity contribution is 5.79. The van der Waals surface area contributed by atoms with Crippen molar-refractivity contribution in [1.82, 2.24) is 9.80 Å². The van der Waals surface area contributed by atoms with Crippen molar-refractivity contribution in [3.05, 3.63) is 120 Å². The largest absolute Gasteiger partial charge is 0.340 e. The van der Waals surface area contributed by atoms with E-state index in [4.69, 9.17) is 0 Å². The zero-order valence-corrected chi connectivity index (χ0v) is 22.1. The van der Waals surface area contributed by atoms with E-state index < -0.39 is 0 Å². The number of hydrogen-bond donors (Lipinski definition) is 0. The van der Waals surface area contributed by atoms with Gasteiger partial charge in [-0.2, -0.15) is 0 Å². The molecule has 0 atom stereocenters. The minimum absolute atomic E-state index is 0.246. The van der Waals surface area contributed by atoms with Gasteiger partial charge in [0.2, 0.25) is 5.91 Å². The maximum Gasteiger partial charge on any atom is 0.227 e. The number of piperazine rings is 1. The Morgan fingerprint density at radius 1 is 0.632 bits per heavy atom. The fourth-order valence-corrected chi connectivity index (χ4v) is 6.21. The van der Waals surface area contributed by atoms with Gasteiger partial charge in [0.05, 0.1) is 6.42 Å². The zero-order chi connectivity index (χ0) is 25.7. The number of unbranched alkanes of at least 4 members (excludes halogenated alkanes) is 1. The first-order chi connectivity index (χ1) is 18.8. The fourth-order valence-electron chi connectivity index (χ4n) is 6.21. The van der Waals surface area contributed by atoms with Crippen molar-refractivity contribution < 1.29 is 4.79 Å². The van der Waals surface area contributed by atoms with Gasteiger partial charge in [-0.1, -0.05) is 110 Å². The fraction of sp³-hybridized carbons (Fsp3) is 0.286. The van der Waals surface area contributed by atoms with Crippen molar-refractivity contribution in [2.75, 3.05) is 32.7 Å². The molecule has 0 aromatic heterocycles. The second-order valence-electron chi connectivity index (χ2n) is 10.7. The predicted octanol–water partition coefficient (Wildman–Crippen LogP) is 7.02. The van der Waals surface area contributed by atoms with Gasteiger partial charge in [-0.05, 0) is 58.3 Å². The van der Waals surface area contributed by atoms with E-state index >= 15 is 0 Å². The third kappa shape index (κ3) is 5.30. The first kappa shape index (κ1) is 24.6. The molecule has 3 heteroatoms. The molecular weight excluding hydrogens is 464 g/mol. The summed E-state index contributed by atoms with van der Waals surface area (Å²) in [6.07, 6.45) is 4.13. The molecule has 3 nitrogen and oxygen atoms in total. The predicted molar refractivity (Wildman–Crippen MR) is 156 cm³/mol. The molecular formula is C35H36N2O. The number of hydrogen-bond acceptors (Lipinski definition) is 2. The molecule has 4 aromatic rings. The highest BCUT2D eigenvalue weighted by Gasteiger charge is 2.27. The molecule has 1 saturated heterocycles. The lowest BCUT2D eigenvalue weighted by Crippen LogP contribution is -2.49. The smallest absolute Gasteiger partial charge is 0.227 e. The van der Waals surface area contributed by atoms with Crippen molar-refractivity contribution in [2.24, 2.45) is 0 Å². The van der Waals surface area contributed by atoms with E-state index in [1.165, 1.54) is 52.6 Å². The summed E-state index contributed by atoms with van der Waals surface area (Å²) in [6.45, 7) is 4.76. The van der Waals surface area contributed by atoms with Crippen LogP contribution in [0.1, 0.15) is 41.9 Å². The minimum atomic E-state index is 0.246. The van der Waals surface area contributed by atoms with Crippen LogP contribution in [0.2, 0.25) is 0 Å². The van der Waals surface area contributed by atoms with Crippen LogP contribution in [0.4, 0.5) is 0 Å². The molecule has 0 N–H and O–H groups in total. The van der Waals surface area contributed by atoms with Crippen LogP contribution < -0.4 is 0 Å². The van der Waals surface area contributed by atoms with E-state index in [0.29, 0.717) is 12.3 Å². The normalized spacial score (nSPS) is 15.3. The Bertz CT molecular complexity index is 1330. The molecule has 192 valence electrons. The van der Waals surface area contributed by atoms with Gasteiger partial charge in [0.1, 0.15) is 0 Å². The highest BCUT2D eigenvalue weighted by Crippen LogP contribution is 2.46. The van der Waals surface area contributed by atoms with Gasteiger partial charge in [-0.25, -0.2) is 0 Å². The average molecular weight is 501 g/mol. The second kappa shape index (κ2) is 11.4. The third-order valence-electron chi connectivity index (χ3n) is 8.32. The quantitative estimate of drug-likeness (QED) is 0.243. The van der Waals surface area contributed by atoms with Crippen LogP contribution in [-0.4, -0.2) is 48.4 Å². The number of carbonyl (C=O) groups is 1. The molecule has 1 heterocycles. The van der Waals surface area contributed by atoms with Gasteiger partial charge in [0.15, 0.2) is 0 Å². The summed E-state index contributed by atoms with van der Waals surface area (Å²) in [4.78, 5) is 17.5. The molecule has 0 unspecified atom stereocenters. The summed E-state index contributed by atoms with van der Waals surface area (Å²) in [7, 11) is 0.